The third kappa shape index (κ3) is 5.89. The summed E-state index contributed by atoms with van der Waals surface area (Å²) in [6, 6.07) is 4.39. The van der Waals surface area contributed by atoms with E-state index < -0.39 is 13.0 Å². The van der Waals surface area contributed by atoms with E-state index >= 15 is 0 Å². The van der Waals surface area contributed by atoms with Gasteiger partial charge in [-0.3, -0.25) is 0 Å². The second-order valence-electron chi connectivity index (χ2n) is 4.21. The van der Waals surface area contributed by atoms with E-state index in [-0.39, 0.29) is 6.04 Å². The van der Waals surface area contributed by atoms with Crippen LogP contribution in [0.5, 0.6) is 0 Å². The van der Waals surface area contributed by atoms with Crippen molar-refractivity contribution < 1.29 is 13.5 Å². The Kier molecular flexibility index (Phi) is 7.39. The first-order valence-electron chi connectivity index (χ1n) is 6.29. The van der Waals surface area contributed by atoms with E-state index in [0.29, 0.717) is 6.61 Å². The van der Waals surface area contributed by atoms with Crippen molar-refractivity contribution in [3.05, 3.63) is 21.9 Å². The molecule has 0 radical (unpaired) electrons. The zero-order valence-corrected chi connectivity index (χ0v) is 11.7. The van der Waals surface area contributed by atoms with E-state index in [1.807, 2.05) is 0 Å². The fraction of sp³-hybridized carbons (Fsp3) is 0.692. The van der Waals surface area contributed by atoms with Gasteiger partial charge in [-0.2, -0.15) is 0 Å². The highest BCUT2D eigenvalue weighted by Gasteiger charge is 2.13. The summed E-state index contributed by atoms with van der Waals surface area (Å²) in [5, 5.41) is 3.43. The van der Waals surface area contributed by atoms with E-state index in [9.17, 15) is 8.78 Å². The Labute approximate surface area is 111 Å². The number of rotatable bonds is 9. The van der Waals surface area contributed by atoms with Gasteiger partial charge in [0.15, 0.2) is 0 Å². The Morgan fingerprint density at radius 3 is 2.72 bits per heavy atom. The zero-order valence-electron chi connectivity index (χ0n) is 10.9. The predicted octanol–water partition coefficient (Wildman–Crippen LogP) is 3.77. The smallest absolute Gasteiger partial charge is 0.261 e. The largest absolute Gasteiger partial charge is 0.375 e. The molecule has 1 unspecified atom stereocenters. The second-order valence-corrected chi connectivity index (χ2v) is 5.53. The molecule has 5 heteroatoms. The van der Waals surface area contributed by atoms with Gasteiger partial charge in [0.25, 0.3) is 6.43 Å². The molecule has 1 heterocycles. The molecule has 0 spiro atoms. The first-order chi connectivity index (χ1) is 8.63. The van der Waals surface area contributed by atoms with Crippen molar-refractivity contribution in [2.75, 3.05) is 19.8 Å². The van der Waals surface area contributed by atoms with Crippen LogP contribution < -0.4 is 5.32 Å². The molecule has 0 aromatic carbocycles. The summed E-state index contributed by atoms with van der Waals surface area (Å²) in [5.74, 6) is 0. The lowest BCUT2D eigenvalue weighted by Gasteiger charge is -2.17. The van der Waals surface area contributed by atoms with E-state index in [4.69, 9.17) is 4.74 Å². The topological polar surface area (TPSA) is 21.3 Å². The van der Waals surface area contributed by atoms with Gasteiger partial charge in [-0.25, -0.2) is 8.78 Å². The highest BCUT2D eigenvalue weighted by atomic mass is 32.1. The summed E-state index contributed by atoms with van der Waals surface area (Å²) in [5.41, 5.74) is 0. The average molecular weight is 277 g/mol. The molecule has 0 amide bonds. The highest BCUT2D eigenvalue weighted by molar-refractivity contribution is 7.12. The number of hydrogen-bond donors (Lipinski definition) is 1. The van der Waals surface area contributed by atoms with Crippen molar-refractivity contribution >= 4 is 11.3 Å². The first-order valence-corrected chi connectivity index (χ1v) is 7.10. The molecule has 0 saturated carbocycles. The van der Waals surface area contributed by atoms with Crippen LogP contribution in [0.2, 0.25) is 0 Å². The molecule has 0 bridgehead atoms. The number of aryl methyl sites for hydroxylation is 1. The molecule has 0 aliphatic heterocycles. The molecule has 1 atom stereocenters. The van der Waals surface area contributed by atoms with E-state index in [0.717, 1.165) is 19.4 Å². The predicted molar refractivity (Wildman–Crippen MR) is 71.5 cm³/mol. The molecule has 2 nitrogen and oxygen atoms in total. The monoisotopic (exact) mass is 277 g/mol. The van der Waals surface area contributed by atoms with Gasteiger partial charge in [-0.15, -0.1) is 11.3 Å². The van der Waals surface area contributed by atoms with Crippen LogP contribution in [0, 0.1) is 6.92 Å². The zero-order chi connectivity index (χ0) is 13.4. The molecule has 1 aromatic rings. The van der Waals surface area contributed by atoms with Crippen LogP contribution in [-0.4, -0.2) is 26.2 Å². The number of hydrogen-bond acceptors (Lipinski definition) is 3. The number of nitrogens with one attached hydrogen (secondary N) is 1. The van der Waals surface area contributed by atoms with Crippen molar-refractivity contribution in [3.63, 3.8) is 0 Å². The minimum atomic E-state index is -2.38. The average Bonchev–Trinajstić information content (AvgIpc) is 2.74. The van der Waals surface area contributed by atoms with E-state index in [2.05, 4.69) is 31.3 Å². The van der Waals surface area contributed by atoms with Crippen molar-refractivity contribution in [1.82, 2.24) is 5.32 Å². The van der Waals surface area contributed by atoms with Gasteiger partial charge in [0, 0.05) is 22.4 Å². The minimum Gasteiger partial charge on any atom is -0.375 e. The number of ether oxygens (including phenoxy) is 1. The fourth-order valence-corrected chi connectivity index (χ4v) is 2.67. The molecule has 104 valence electrons. The second kappa shape index (κ2) is 8.56. The van der Waals surface area contributed by atoms with Crippen molar-refractivity contribution in [1.29, 1.82) is 0 Å². The molecule has 1 aromatic heterocycles. The van der Waals surface area contributed by atoms with Gasteiger partial charge in [-0.1, -0.05) is 6.92 Å². The molecule has 0 fully saturated rings. The van der Waals surface area contributed by atoms with Gasteiger partial charge in [0.05, 0.1) is 0 Å². The third-order valence-electron chi connectivity index (χ3n) is 2.54. The summed E-state index contributed by atoms with van der Waals surface area (Å²) >= 11 is 1.74. The SMILES string of the molecule is CCCNC(CCOCC(F)F)c1ccc(C)s1. The molecule has 1 rings (SSSR count). The molecule has 0 aliphatic rings. The fourth-order valence-electron chi connectivity index (χ4n) is 1.68. The van der Waals surface area contributed by atoms with Crippen LogP contribution in [-0.2, 0) is 4.74 Å². The number of thiophene rings is 1. The van der Waals surface area contributed by atoms with Crippen LogP contribution in [0.3, 0.4) is 0 Å². The molecule has 18 heavy (non-hydrogen) atoms. The summed E-state index contributed by atoms with van der Waals surface area (Å²) in [6.45, 7) is 5.00. The summed E-state index contributed by atoms with van der Waals surface area (Å²) in [6.07, 6.45) is -0.596. The highest BCUT2D eigenvalue weighted by Crippen LogP contribution is 2.25. The maximum atomic E-state index is 11.9. The third-order valence-corrected chi connectivity index (χ3v) is 3.65. The van der Waals surface area contributed by atoms with Crippen LogP contribution in [0.1, 0.15) is 35.6 Å². The van der Waals surface area contributed by atoms with E-state index in [1.165, 1.54) is 9.75 Å². The van der Waals surface area contributed by atoms with Crippen LogP contribution >= 0.6 is 11.3 Å². The minimum absolute atomic E-state index is 0.210. The standard InChI is InChI=1S/C13H21F2NOS/c1-3-7-16-11(6-8-17-9-13(14)15)12-5-4-10(2)18-12/h4-5,11,13,16H,3,6-9H2,1-2H3. The first kappa shape index (κ1) is 15.5. The Bertz CT molecular complexity index is 331. The van der Waals surface area contributed by atoms with Gasteiger partial charge in [0.2, 0.25) is 0 Å². The van der Waals surface area contributed by atoms with Crippen molar-refractivity contribution in [2.24, 2.45) is 0 Å². The summed E-state index contributed by atoms with van der Waals surface area (Å²) < 4.78 is 28.8. The Balaban J connectivity index is 2.40. The van der Waals surface area contributed by atoms with Crippen LogP contribution in [0.4, 0.5) is 8.78 Å². The molecular weight excluding hydrogens is 256 g/mol. The lowest BCUT2D eigenvalue weighted by atomic mass is 10.1. The molecule has 0 saturated heterocycles. The number of alkyl halides is 2. The number of halogens is 2. The Hall–Kier alpha value is -0.520. The quantitative estimate of drug-likeness (QED) is 0.694. The maximum Gasteiger partial charge on any atom is 0.261 e. The summed E-state index contributed by atoms with van der Waals surface area (Å²) in [4.78, 5) is 2.52. The van der Waals surface area contributed by atoms with Crippen LogP contribution in [0.25, 0.3) is 0 Å². The van der Waals surface area contributed by atoms with Crippen molar-refractivity contribution in [2.45, 2.75) is 39.2 Å². The van der Waals surface area contributed by atoms with Gasteiger partial charge in [0.1, 0.15) is 6.61 Å². The lowest BCUT2D eigenvalue weighted by molar-refractivity contribution is 0.0144. The molecule has 0 aliphatic carbocycles. The summed E-state index contributed by atoms with van der Waals surface area (Å²) in [7, 11) is 0. The van der Waals surface area contributed by atoms with Gasteiger partial charge < -0.3 is 10.1 Å². The molecular formula is C13H21F2NOS. The van der Waals surface area contributed by atoms with Crippen molar-refractivity contribution in [3.8, 4) is 0 Å². The lowest BCUT2D eigenvalue weighted by Crippen LogP contribution is -2.23. The molecule has 1 N–H and O–H groups in total. The normalized spacial score (nSPS) is 13.2. The van der Waals surface area contributed by atoms with Crippen LogP contribution in [0.15, 0.2) is 12.1 Å². The van der Waals surface area contributed by atoms with Gasteiger partial charge in [-0.05, 0) is 38.4 Å². The van der Waals surface area contributed by atoms with E-state index in [1.54, 1.807) is 11.3 Å². The van der Waals surface area contributed by atoms with Gasteiger partial charge >= 0.3 is 0 Å². The Morgan fingerprint density at radius 2 is 2.17 bits per heavy atom. The maximum absolute atomic E-state index is 11.9. The Morgan fingerprint density at radius 1 is 1.39 bits per heavy atom.